The van der Waals surface area contributed by atoms with Gasteiger partial charge in [-0.3, -0.25) is 0 Å². The molecule has 0 amide bonds. The molecule has 1 fully saturated rings. The second kappa shape index (κ2) is 6.39. The molecule has 2 aliphatic rings. The minimum Gasteiger partial charge on any atom is -0.487 e. The summed E-state index contributed by atoms with van der Waals surface area (Å²) in [5.41, 5.74) is 1.46. The zero-order valence-corrected chi connectivity index (χ0v) is 13.8. The standard InChI is InChI=1S/C15H17Cl2NO2S/c16-12-4-11-3-10(7-20-14(11)13(17)5-12)6-18-8-15(19)1-2-21-9-15/h3-5,18-19H,1-2,6-9H2. The van der Waals surface area contributed by atoms with Crippen molar-refractivity contribution in [1.29, 1.82) is 0 Å². The van der Waals surface area contributed by atoms with Gasteiger partial charge in [0.2, 0.25) is 0 Å². The topological polar surface area (TPSA) is 41.5 Å². The maximum atomic E-state index is 10.3. The first kappa shape index (κ1) is 15.5. The summed E-state index contributed by atoms with van der Waals surface area (Å²) in [5, 5.41) is 14.7. The number of aliphatic hydroxyl groups is 1. The van der Waals surface area contributed by atoms with E-state index in [0.717, 1.165) is 29.1 Å². The van der Waals surface area contributed by atoms with E-state index in [-0.39, 0.29) is 0 Å². The van der Waals surface area contributed by atoms with E-state index in [1.807, 2.05) is 6.07 Å². The third-order valence-electron chi connectivity index (χ3n) is 3.69. The molecule has 1 unspecified atom stereocenters. The molecule has 0 bridgehead atoms. The molecule has 2 aliphatic heterocycles. The largest absolute Gasteiger partial charge is 0.487 e. The van der Waals surface area contributed by atoms with Gasteiger partial charge in [0, 0.05) is 29.4 Å². The molecule has 0 aromatic heterocycles. The maximum Gasteiger partial charge on any atom is 0.145 e. The minimum absolute atomic E-state index is 0.508. The summed E-state index contributed by atoms with van der Waals surface area (Å²) in [6.07, 6.45) is 2.91. The van der Waals surface area contributed by atoms with E-state index < -0.39 is 5.60 Å². The number of rotatable bonds is 4. The van der Waals surface area contributed by atoms with Crippen molar-refractivity contribution in [2.45, 2.75) is 12.0 Å². The van der Waals surface area contributed by atoms with Crippen molar-refractivity contribution in [2.24, 2.45) is 0 Å². The summed E-state index contributed by atoms with van der Waals surface area (Å²) in [5.74, 6) is 2.54. The molecule has 3 rings (SSSR count). The quantitative estimate of drug-likeness (QED) is 0.878. The monoisotopic (exact) mass is 345 g/mol. The van der Waals surface area contributed by atoms with Gasteiger partial charge in [-0.25, -0.2) is 0 Å². The molecule has 2 N–H and O–H groups in total. The Hall–Kier alpha value is -0.390. The van der Waals surface area contributed by atoms with Gasteiger partial charge >= 0.3 is 0 Å². The number of benzene rings is 1. The van der Waals surface area contributed by atoms with E-state index in [1.54, 1.807) is 17.8 Å². The van der Waals surface area contributed by atoms with Gasteiger partial charge in [0.1, 0.15) is 12.4 Å². The lowest BCUT2D eigenvalue weighted by molar-refractivity contribution is 0.0685. The van der Waals surface area contributed by atoms with Crippen molar-refractivity contribution < 1.29 is 9.84 Å². The molecule has 2 heterocycles. The zero-order chi connectivity index (χ0) is 14.9. The Morgan fingerprint density at radius 3 is 3.00 bits per heavy atom. The molecule has 0 aliphatic carbocycles. The van der Waals surface area contributed by atoms with Crippen LogP contribution in [0.2, 0.25) is 10.0 Å². The number of halogens is 2. The number of nitrogens with one attached hydrogen (secondary N) is 1. The van der Waals surface area contributed by atoms with Crippen LogP contribution in [0.1, 0.15) is 12.0 Å². The fraction of sp³-hybridized carbons (Fsp3) is 0.467. The molecule has 0 spiro atoms. The Morgan fingerprint density at radius 1 is 1.38 bits per heavy atom. The molecule has 1 saturated heterocycles. The van der Waals surface area contributed by atoms with Gasteiger partial charge in [-0.05, 0) is 36.0 Å². The van der Waals surface area contributed by atoms with E-state index in [4.69, 9.17) is 27.9 Å². The summed E-state index contributed by atoms with van der Waals surface area (Å²) < 4.78 is 5.70. The Bertz CT molecular complexity index is 571. The molecule has 21 heavy (non-hydrogen) atoms. The van der Waals surface area contributed by atoms with Crippen molar-refractivity contribution in [2.75, 3.05) is 31.2 Å². The lowest BCUT2D eigenvalue weighted by Crippen LogP contribution is -2.41. The van der Waals surface area contributed by atoms with Crippen LogP contribution in [-0.4, -0.2) is 41.9 Å². The van der Waals surface area contributed by atoms with Gasteiger partial charge in [0.25, 0.3) is 0 Å². The molecule has 1 aromatic rings. The summed E-state index contributed by atoms with van der Waals surface area (Å²) in [6.45, 7) is 1.81. The van der Waals surface area contributed by atoms with Gasteiger partial charge in [0.05, 0.1) is 10.6 Å². The van der Waals surface area contributed by atoms with E-state index in [0.29, 0.717) is 35.5 Å². The lowest BCUT2D eigenvalue weighted by atomic mass is 10.0. The molecule has 1 atom stereocenters. The van der Waals surface area contributed by atoms with E-state index >= 15 is 0 Å². The predicted octanol–water partition coefficient (Wildman–Crippen LogP) is 3.23. The smallest absolute Gasteiger partial charge is 0.145 e. The van der Waals surface area contributed by atoms with E-state index in [9.17, 15) is 5.11 Å². The number of hydrogen-bond donors (Lipinski definition) is 2. The summed E-state index contributed by atoms with van der Waals surface area (Å²) in [4.78, 5) is 0. The van der Waals surface area contributed by atoms with Crippen LogP contribution in [-0.2, 0) is 0 Å². The summed E-state index contributed by atoms with van der Waals surface area (Å²) in [7, 11) is 0. The lowest BCUT2D eigenvalue weighted by Gasteiger charge is -2.24. The number of thioether (sulfide) groups is 1. The highest BCUT2D eigenvalue weighted by atomic mass is 35.5. The number of ether oxygens (including phenoxy) is 1. The molecule has 1 aromatic carbocycles. The van der Waals surface area contributed by atoms with Crippen molar-refractivity contribution in [1.82, 2.24) is 5.32 Å². The first-order chi connectivity index (χ1) is 10.1. The fourth-order valence-corrected chi connectivity index (χ4v) is 4.42. The Morgan fingerprint density at radius 2 is 2.24 bits per heavy atom. The molecular formula is C15H17Cl2NO2S. The first-order valence-electron chi connectivity index (χ1n) is 6.88. The summed E-state index contributed by atoms with van der Waals surface area (Å²) in [6, 6.07) is 3.54. The average Bonchev–Trinajstić information content (AvgIpc) is 2.85. The third-order valence-corrected chi connectivity index (χ3v) is 5.42. The highest BCUT2D eigenvalue weighted by Gasteiger charge is 2.31. The molecule has 6 heteroatoms. The van der Waals surface area contributed by atoms with Crippen LogP contribution in [0.5, 0.6) is 5.75 Å². The second-order valence-corrected chi connectivity index (χ2v) is 7.48. The van der Waals surface area contributed by atoms with Crippen molar-refractivity contribution >= 4 is 41.0 Å². The van der Waals surface area contributed by atoms with Crippen molar-refractivity contribution in [3.8, 4) is 5.75 Å². The maximum absolute atomic E-state index is 10.3. The van der Waals surface area contributed by atoms with E-state index in [1.165, 1.54) is 0 Å². The van der Waals surface area contributed by atoms with Crippen molar-refractivity contribution in [3.63, 3.8) is 0 Å². The molecular weight excluding hydrogens is 329 g/mol. The summed E-state index contributed by atoms with van der Waals surface area (Å²) >= 11 is 13.9. The Kier molecular flexibility index (Phi) is 4.71. The third kappa shape index (κ3) is 3.69. The van der Waals surface area contributed by atoms with Crippen LogP contribution in [0, 0.1) is 0 Å². The second-order valence-electron chi connectivity index (χ2n) is 5.53. The van der Waals surface area contributed by atoms with Gasteiger partial charge in [-0.1, -0.05) is 23.2 Å². The number of fused-ring (bicyclic) bond motifs is 1. The van der Waals surface area contributed by atoms with Crippen molar-refractivity contribution in [3.05, 3.63) is 33.3 Å². The van der Waals surface area contributed by atoms with Gasteiger partial charge in [0.15, 0.2) is 0 Å². The molecule has 114 valence electrons. The zero-order valence-electron chi connectivity index (χ0n) is 11.5. The average molecular weight is 346 g/mol. The van der Waals surface area contributed by atoms with Crippen LogP contribution in [0.15, 0.2) is 17.7 Å². The van der Waals surface area contributed by atoms with Gasteiger partial charge in [-0.2, -0.15) is 11.8 Å². The normalized spacial score (nSPS) is 24.4. The highest BCUT2D eigenvalue weighted by molar-refractivity contribution is 7.99. The predicted molar refractivity (Wildman–Crippen MR) is 89.7 cm³/mol. The van der Waals surface area contributed by atoms with Gasteiger partial charge in [-0.15, -0.1) is 0 Å². The SMILES string of the molecule is OC1(CNCC2=Cc3cc(Cl)cc(Cl)c3OC2)CCSC1. The van der Waals surface area contributed by atoms with Crippen LogP contribution in [0.25, 0.3) is 6.08 Å². The van der Waals surface area contributed by atoms with Crippen LogP contribution >= 0.6 is 35.0 Å². The highest BCUT2D eigenvalue weighted by Crippen LogP contribution is 2.36. The van der Waals surface area contributed by atoms with E-state index in [2.05, 4.69) is 11.4 Å². The Labute approximate surface area is 138 Å². The van der Waals surface area contributed by atoms with Crippen LogP contribution < -0.4 is 10.1 Å². The first-order valence-corrected chi connectivity index (χ1v) is 8.79. The number of hydrogen-bond acceptors (Lipinski definition) is 4. The van der Waals surface area contributed by atoms with Gasteiger partial charge < -0.3 is 15.2 Å². The molecule has 3 nitrogen and oxygen atoms in total. The molecule has 0 radical (unpaired) electrons. The molecule has 0 saturated carbocycles. The van der Waals surface area contributed by atoms with Crippen LogP contribution in [0.3, 0.4) is 0 Å². The Balaban J connectivity index is 1.63. The fourth-order valence-electron chi connectivity index (χ4n) is 2.56. The van der Waals surface area contributed by atoms with Crippen LogP contribution in [0.4, 0.5) is 0 Å². The minimum atomic E-state index is -0.564.